The fourth-order valence-electron chi connectivity index (χ4n) is 2.57. The summed E-state index contributed by atoms with van der Waals surface area (Å²) in [5, 5.41) is 0.603. The van der Waals surface area contributed by atoms with Crippen molar-refractivity contribution >= 4 is 16.3 Å². The molecular weight excluding hydrogens is 252 g/mol. The molecule has 1 aromatic heterocycles. The van der Waals surface area contributed by atoms with Gasteiger partial charge in [-0.1, -0.05) is 0 Å². The van der Waals surface area contributed by atoms with Crippen LogP contribution in [0.2, 0.25) is 0 Å². The average molecular weight is 265 g/mol. The van der Waals surface area contributed by atoms with Gasteiger partial charge in [0.05, 0.1) is 5.00 Å². The topological polar surface area (TPSA) is 26.0 Å². The van der Waals surface area contributed by atoms with Crippen molar-refractivity contribution in [2.75, 3.05) is 5.73 Å². The fourth-order valence-corrected chi connectivity index (χ4v) is 3.75. The van der Waals surface area contributed by atoms with E-state index in [1.165, 1.54) is 22.3 Å². The molecule has 1 aliphatic rings. The van der Waals surface area contributed by atoms with Crippen LogP contribution in [-0.4, -0.2) is 0 Å². The molecule has 0 bridgehead atoms. The number of anilines is 1. The van der Waals surface area contributed by atoms with Crippen molar-refractivity contribution in [1.82, 2.24) is 0 Å². The third-order valence-electron chi connectivity index (χ3n) is 3.40. The molecule has 4 heteroatoms. The summed E-state index contributed by atoms with van der Waals surface area (Å²) in [5.41, 5.74) is 8.13. The molecule has 0 fully saturated rings. The molecule has 1 nitrogen and oxygen atoms in total. The zero-order chi connectivity index (χ0) is 12.7. The number of rotatable bonds is 1. The van der Waals surface area contributed by atoms with E-state index in [2.05, 4.69) is 0 Å². The highest BCUT2D eigenvalue weighted by atomic mass is 32.1. The highest BCUT2D eigenvalue weighted by molar-refractivity contribution is 7.16. The molecule has 0 radical (unpaired) electrons. The van der Waals surface area contributed by atoms with Crippen LogP contribution in [0.5, 0.6) is 0 Å². The van der Waals surface area contributed by atoms with Crippen LogP contribution in [0.3, 0.4) is 0 Å². The Morgan fingerprint density at radius 1 is 1.11 bits per heavy atom. The summed E-state index contributed by atoms with van der Waals surface area (Å²) in [6, 6.07) is 3.54. The highest BCUT2D eigenvalue weighted by Gasteiger charge is 2.22. The summed E-state index contributed by atoms with van der Waals surface area (Å²) in [4.78, 5) is 1.23. The number of benzene rings is 1. The Bertz CT molecular complexity index is 604. The molecule has 0 saturated heterocycles. The van der Waals surface area contributed by atoms with Gasteiger partial charge in [-0.15, -0.1) is 11.3 Å². The number of thiophene rings is 1. The Kier molecular flexibility index (Phi) is 2.82. The summed E-state index contributed by atoms with van der Waals surface area (Å²) in [5.74, 6) is -0.837. The van der Waals surface area contributed by atoms with Crippen molar-refractivity contribution < 1.29 is 8.78 Å². The SMILES string of the molecule is Nc1sc2c(c1-c1cc(F)ccc1F)CCCC2. The van der Waals surface area contributed by atoms with Gasteiger partial charge in [-0.25, -0.2) is 8.78 Å². The molecule has 0 atom stereocenters. The number of halogens is 2. The maximum atomic E-state index is 13.9. The Morgan fingerprint density at radius 3 is 2.72 bits per heavy atom. The normalized spacial score (nSPS) is 14.6. The van der Waals surface area contributed by atoms with Crippen molar-refractivity contribution in [2.45, 2.75) is 25.7 Å². The molecular formula is C14H13F2NS. The quantitative estimate of drug-likeness (QED) is 0.823. The Labute approximate surface area is 108 Å². The molecule has 1 aromatic carbocycles. The number of nitrogen functional groups attached to an aromatic ring is 1. The van der Waals surface area contributed by atoms with E-state index in [4.69, 9.17) is 5.73 Å². The van der Waals surface area contributed by atoms with Crippen LogP contribution < -0.4 is 5.73 Å². The summed E-state index contributed by atoms with van der Waals surface area (Å²) in [7, 11) is 0. The molecule has 1 aliphatic carbocycles. The molecule has 0 aliphatic heterocycles. The average Bonchev–Trinajstić information content (AvgIpc) is 2.68. The van der Waals surface area contributed by atoms with Crippen LogP contribution >= 0.6 is 11.3 Å². The zero-order valence-electron chi connectivity index (χ0n) is 9.80. The first-order valence-electron chi connectivity index (χ1n) is 6.02. The van der Waals surface area contributed by atoms with Gasteiger partial charge in [0.2, 0.25) is 0 Å². The first-order valence-corrected chi connectivity index (χ1v) is 6.84. The van der Waals surface area contributed by atoms with Crippen molar-refractivity contribution in [2.24, 2.45) is 0 Å². The van der Waals surface area contributed by atoms with Gasteiger partial charge in [0.25, 0.3) is 0 Å². The number of hydrogen-bond acceptors (Lipinski definition) is 2. The summed E-state index contributed by atoms with van der Waals surface area (Å²) in [6.07, 6.45) is 4.15. The van der Waals surface area contributed by atoms with E-state index in [1.54, 1.807) is 0 Å². The fraction of sp³-hybridized carbons (Fsp3) is 0.286. The molecule has 0 saturated carbocycles. The van der Waals surface area contributed by atoms with Crippen LogP contribution in [-0.2, 0) is 12.8 Å². The second-order valence-electron chi connectivity index (χ2n) is 4.57. The minimum absolute atomic E-state index is 0.298. The van der Waals surface area contributed by atoms with Crippen molar-refractivity contribution in [3.8, 4) is 11.1 Å². The summed E-state index contributed by atoms with van der Waals surface area (Å²) < 4.78 is 27.2. The number of nitrogens with two attached hydrogens (primary N) is 1. The summed E-state index contributed by atoms with van der Waals surface area (Å²) >= 11 is 1.51. The lowest BCUT2D eigenvalue weighted by Crippen LogP contribution is -2.00. The summed E-state index contributed by atoms with van der Waals surface area (Å²) in [6.45, 7) is 0. The number of hydrogen-bond donors (Lipinski definition) is 1. The van der Waals surface area contributed by atoms with Crippen LogP contribution in [0.25, 0.3) is 11.1 Å². The largest absolute Gasteiger partial charge is 0.390 e. The maximum absolute atomic E-state index is 13.9. The lowest BCUT2D eigenvalue weighted by Gasteiger charge is -2.13. The van der Waals surface area contributed by atoms with Gasteiger partial charge < -0.3 is 5.73 Å². The molecule has 2 N–H and O–H groups in total. The second kappa shape index (κ2) is 4.35. The Balaban J connectivity index is 2.22. The third-order valence-corrected chi connectivity index (χ3v) is 4.52. The minimum Gasteiger partial charge on any atom is -0.390 e. The van der Waals surface area contributed by atoms with E-state index in [0.29, 0.717) is 16.1 Å². The second-order valence-corrected chi connectivity index (χ2v) is 5.71. The van der Waals surface area contributed by atoms with Crippen molar-refractivity contribution in [1.29, 1.82) is 0 Å². The molecule has 1 heterocycles. The molecule has 18 heavy (non-hydrogen) atoms. The van der Waals surface area contributed by atoms with E-state index in [1.807, 2.05) is 0 Å². The predicted molar refractivity (Wildman–Crippen MR) is 70.7 cm³/mol. The van der Waals surface area contributed by atoms with Gasteiger partial charge in [-0.05, 0) is 49.4 Å². The maximum Gasteiger partial charge on any atom is 0.131 e. The van der Waals surface area contributed by atoms with Crippen molar-refractivity contribution in [3.05, 3.63) is 40.3 Å². The Hall–Kier alpha value is -1.42. The standard InChI is InChI=1S/C14H13F2NS/c15-8-5-6-11(16)10(7-8)13-9-3-1-2-4-12(9)18-14(13)17/h5-7H,1-4,17H2. The molecule has 94 valence electrons. The minimum atomic E-state index is -0.429. The number of fused-ring (bicyclic) bond motifs is 1. The first kappa shape index (κ1) is 11.7. The van der Waals surface area contributed by atoms with Crippen molar-refractivity contribution in [3.63, 3.8) is 0 Å². The third kappa shape index (κ3) is 1.81. The molecule has 0 spiro atoms. The van der Waals surface area contributed by atoms with Crippen LogP contribution in [0.4, 0.5) is 13.8 Å². The molecule has 0 amide bonds. The lowest BCUT2D eigenvalue weighted by atomic mass is 9.92. The molecule has 3 rings (SSSR count). The van der Waals surface area contributed by atoms with Crippen LogP contribution in [0.15, 0.2) is 18.2 Å². The molecule has 0 unspecified atom stereocenters. The van der Waals surface area contributed by atoms with E-state index in [0.717, 1.165) is 43.4 Å². The van der Waals surface area contributed by atoms with Gasteiger partial charge in [0.1, 0.15) is 11.6 Å². The van der Waals surface area contributed by atoms with Gasteiger partial charge in [-0.2, -0.15) is 0 Å². The molecule has 2 aromatic rings. The van der Waals surface area contributed by atoms with E-state index < -0.39 is 11.6 Å². The van der Waals surface area contributed by atoms with Gasteiger partial charge >= 0.3 is 0 Å². The van der Waals surface area contributed by atoms with Gasteiger partial charge in [0, 0.05) is 16.0 Å². The monoisotopic (exact) mass is 265 g/mol. The van der Waals surface area contributed by atoms with Gasteiger partial charge in [-0.3, -0.25) is 0 Å². The predicted octanol–water partition coefficient (Wildman–Crippen LogP) is 4.15. The van der Waals surface area contributed by atoms with E-state index >= 15 is 0 Å². The van der Waals surface area contributed by atoms with Crippen LogP contribution in [0, 0.1) is 11.6 Å². The first-order chi connectivity index (χ1) is 8.66. The van der Waals surface area contributed by atoms with Gasteiger partial charge in [0.15, 0.2) is 0 Å². The highest BCUT2D eigenvalue weighted by Crippen LogP contribution is 2.43. The Morgan fingerprint density at radius 2 is 1.89 bits per heavy atom. The van der Waals surface area contributed by atoms with E-state index in [9.17, 15) is 8.78 Å². The van der Waals surface area contributed by atoms with Crippen LogP contribution in [0.1, 0.15) is 23.3 Å². The van der Waals surface area contributed by atoms with E-state index in [-0.39, 0.29) is 0 Å². The lowest BCUT2D eigenvalue weighted by molar-refractivity contribution is 0.603. The zero-order valence-corrected chi connectivity index (χ0v) is 10.6. The smallest absolute Gasteiger partial charge is 0.131 e. The number of aryl methyl sites for hydroxylation is 1.